The number of aromatic nitrogens is 3. The van der Waals surface area contributed by atoms with Crippen molar-refractivity contribution in [3.63, 3.8) is 0 Å². The van der Waals surface area contributed by atoms with Crippen LogP contribution in [0.25, 0.3) is 21.7 Å². The highest BCUT2D eigenvalue weighted by Gasteiger charge is 2.15. The lowest BCUT2D eigenvalue weighted by Crippen LogP contribution is -2.18. The lowest BCUT2D eigenvalue weighted by atomic mass is 9.97. The summed E-state index contributed by atoms with van der Waals surface area (Å²) >= 11 is 1.64. The molecule has 1 N–H and O–H groups in total. The highest BCUT2D eigenvalue weighted by Crippen LogP contribution is 2.28. The third-order valence-electron chi connectivity index (χ3n) is 4.40. The predicted molar refractivity (Wildman–Crippen MR) is 97.3 cm³/mol. The van der Waals surface area contributed by atoms with E-state index in [1.807, 2.05) is 18.2 Å². The maximum atomic E-state index is 5.43. The van der Waals surface area contributed by atoms with E-state index in [0.29, 0.717) is 5.82 Å². The third kappa shape index (κ3) is 3.39. The summed E-state index contributed by atoms with van der Waals surface area (Å²) in [6, 6.07) is 7.89. The Morgan fingerprint density at radius 2 is 2.08 bits per heavy atom. The van der Waals surface area contributed by atoms with Crippen LogP contribution in [0.15, 0.2) is 35.8 Å². The molecule has 24 heavy (non-hydrogen) atoms. The SMILES string of the molecule is c1ccc(-c2nc(NCCC3CCOCC3)c3ccsc3n2)nc1. The van der Waals surface area contributed by atoms with E-state index in [9.17, 15) is 0 Å². The summed E-state index contributed by atoms with van der Waals surface area (Å²) in [6.07, 6.45) is 5.25. The van der Waals surface area contributed by atoms with Gasteiger partial charge in [-0.15, -0.1) is 11.3 Å². The fourth-order valence-corrected chi connectivity index (χ4v) is 3.79. The molecule has 0 bridgehead atoms. The first-order chi connectivity index (χ1) is 11.9. The van der Waals surface area contributed by atoms with Crippen molar-refractivity contribution >= 4 is 27.4 Å². The standard InChI is InChI=1S/C18H20N4OS/c1-2-8-19-15(3-1)17-21-16(14-7-12-24-18(14)22-17)20-9-4-13-5-10-23-11-6-13/h1-3,7-8,12-13H,4-6,9-11H2,(H,20,21,22). The minimum atomic E-state index is 0.680. The van der Waals surface area contributed by atoms with Crippen LogP contribution in [-0.4, -0.2) is 34.7 Å². The molecule has 4 rings (SSSR count). The second kappa shape index (κ2) is 7.23. The van der Waals surface area contributed by atoms with Crippen molar-refractivity contribution in [2.75, 3.05) is 25.1 Å². The number of hydrogen-bond acceptors (Lipinski definition) is 6. The molecular formula is C18H20N4OS. The zero-order chi connectivity index (χ0) is 16.2. The van der Waals surface area contributed by atoms with E-state index in [1.54, 1.807) is 17.5 Å². The van der Waals surface area contributed by atoms with Crippen LogP contribution in [0.1, 0.15) is 19.3 Å². The van der Waals surface area contributed by atoms with E-state index >= 15 is 0 Å². The molecule has 1 aliphatic rings. The summed E-state index contributed by atoms with van der Waals surface area (Å²) in [4.78, 5) is 14.7. The Balaban J connectivity index is 1.54. The number of fused-ring (bicyclic) bond motifs is 1. The van der Waals surface area contributed by atoms with Gasteiger partial charge in [0.1, 0.15) is 16.3 Å². The second-order valence-electron chi connectivity index (χ2n) is 6.02. The van der Waals surface area contributed by atoms with E-state index in [0.717, 1.165) is 53.8 Å². The van der Waals surface area contributed by atoms with Crippen LogP contribution in [0.2, 0.25) is 0 Å². The number of pyridine rings is 1. The van der Waals surface area contributed by atoms with Gasteiger partial charge in [-0.05, 0) is 48.8 Å². The Kier molecular flexibility index (Phi) is 4.66. The molecule has 1 aliphatic heterocycles. The van der Waals surface area contributed by atoms with Crippen LogP contribution in [0, 0.1) is 5.92 Å². The number of anilines is 1. The first kappa shape index (κ1) is 15.5. The molecule has 0 saturated carbocycles. The van der Waals surface area contributed by atoms with Crippen LogP contribution in [0.4, 0.5) is 5.82 Å². The van der Waals surface area contributed by atoms with Gasteiger partial charge in [-0.1, -0.05) is 6.07 Å². The van der Waals surface area contributed by atoms with Gasteiger partial charge in [0.15, 0.2) is 5.82 Å². The Hall–Kier alpha value is -2.05. The summed E-state index contributed by atoms with van der Waals surface area (Å²) in [5, 5.41) is 6.67. The molecule has 5 nitrogen and oxygen atoms in total. The van der Waals surface area contributed by atoms with Gasteiger partial charge in [-0.25, -0.2) is 9.97 Å². The van der Waals surface area contributed by atoms with Crippen molar-refractivity contribution in [3.8, 4) is 11.5 Å². The Bertz CT molecular complexity index is 799. The van der Waals surface area contributed by atoms with Crippen molar-refractivity contribution in [3.05, 3.63) is 35.8 Å². The number of hydrogen-bond donors (Lipinski definition) is 1. The van der Waals surface area contributed by atoms with Gasteiger partial charge >= 0.3 is 0 Å². The maximum absolute atomic E-state index is 5.43. The van der Waals surface area contributed by atoms with E-state index < -0.39 is 0 Å². The Morgan fingerprint density at radius 3 is 2.92 bits per heavy atom. The lowest BCUT2D eigenvalue weighted by Gasteiger charge is -2.22. The van der Waals surface area contributed by atoms with Gasteiger partial charge < -0.3 is 10.1 Å². The van der Waals surface area contributed by atoms with Gasteiger partial charge in [-0.2, -0.15) is 0 Å². The van der Waals surface area contributed by atoms with Gasteiger partial charge in [-0.3, -0.25) is 4.98 Å². The first-order valence-electron chi connectivity index (χ1n) is 8.38. The second-order valence-corrected chi connectivity index (χ2v) is 6.92. The van der Waals surface area contributed by atoms with Crippen molar-refractivity contribution in [1.82, 2.24) is 15.0 Å². The van der Waals surface area contributed by atoms with Crippen LogP contribution in [-0.2, 0) is 4.74 Å². The molecule has 4 heterocycles. The smallest absolute Gasteiger partial charge is 0.181 e. The highest BCUT2D eigenvalue weighted by atomic mass is 32.1. The van der Waals surface area contributed by atoms with Crippen LogP contribution in [0.3, 0.4) is 0 Å². The lowest BCUT2D eigenvalue weighted by molar-refractivity contribution is 0.0649. The van der Waals surface area contributed by atoms with Gasteiger partial charge in [0, 0.05) is 26.0 Å². The zero-order valence-corrected chi connectivity index (χ0v) is 14.3. The monoisotopic (exact) mass is 340 g/mol. The number of rotatable bonds is 5. The summed E-state index contributed by atoms with van der Waals surface area (Å²) in [7, 11) is 0. The van der Waals surface area contributed by atoms with E-state index in [1.165, 1.54) is 12.8 Å². The number of thiophene rings is 1. The predicted octanol–water partition coefficient (Wildman–Crippen LogP) is 3.98. The molecule has 1 saturated heterocycles. The number of nitrogens with zero attached hydrogens (tertiary/aromatic N) is 3. The molecular weight excluding hydrogens is 320 g/mol. The molecule has 124 valence electrons. The fraction of sp³-hybridized carbons (Fsp3) is 0.389. The van der Waals surface area contributed by atoms with Gasteiger partial charge in [0.05, 0.1) is 5.39 Å². The average molecular weight is 340 g/mol. The Morgan fingerprint density at radius 1 is 1.17 bits per heavy atom. The van der Waals surface area contributed by atoms with Gasteiger partial charge in [0.25, 0.3) is 0 Å². The van der Waals surface area contributed by atoms with Crippen molar-refractivity contribution in [2.24, 2.45) is 5.92 Å². The number of nitrogens with one attached hydrogen (secondary N) is 1. The molecule has 6 heteroatoms. The highest BCUT2D eigenvalue weighted by molar-refractivity contribution is 7.16. The minimum Gasteiger partial charge on any atom is -0.381 e. The van der Waals surface area contributed by atoms with Crippen molar-refractivity contribution in [2.45, 2.75) is 19.3 Å². The minimum absolute atomic E-state index is 0.680. The normalized spacial score (nSPS) is 15.7. The van der Waals surface area contributed by atoms with Crippen LogP contribution in [0.5, 0.6) is 0 Å². The van der Waals surface area contributed by atoms with E-state index in [2.05, 4.69) is 26.7 Å². The molecule has 0 radical (unpaired) electrons. The molecule has 1 fully saturated rings. The molecule has 0 aliphatic carbocycles. The van der Waals surface area contributed by atoms with E-state index in [4.69, 9.17) is 9.72 Å². The molecule has 0 unspecified atom stereocenters. The summed E-state index contributed by atoms with van der Waals surface area (Å²) in [6.45, 7) is 2.72. The fourth-order valence-electron chi connectivity index (χ4n) is 3.03. The summed E-state index contributed by atoms with van der Waals surface area (Å²) in [5.41, 5.74) is 0.806. The molecule has 0 atom stereocenters. The zero-order valence-electron chi connectivity index (χ0n) is 13.4. The van der Waals surface area contributed by atoms with Gasteiger partial charge in [0.2, 0.25) is 0 Å². The Labute approximate surface area is 145 Å². The summed E-state index contributed by atoms with van der Waals surface area (Å²) < 4.78 is 5.43. The number of ether oxygens (including phenoxy) is 1. The topological polar surface area (TPSA) is 59.9 Å². The average Bonchev–Trinajstić information content (AvgIpc) is 3.12. The maximum Gasteiger partial charge on any atom is 0.181 e. The molecule has 0 spiro atoms. The molecule has 0 aromatic carbocycles. The largest absolute Gasteiger partial charge is 0.381 e. The molecule has 0 amide bonds. The third-order valence-corrected chi connectivity index (χ3v) is 5.21. The first-order valence-corrected chi connectivity index (χ1v) is 9.26. The summed E-state index contributed by atoms with van der Waals surface area (Å²) in [5.74, 6) is 2.34. The van der Waals surface area contributed by atoms with Crippen molar-refractivity contribution < 1.29 is 4.74 Å². The van der Waals surface area contributed by atoms with Crippen LogP contribution >= 0.6 is 11.3 Å². The molecule has 3 aromatic rings. The van der Waals surface area contributed by atoms with E-state index in [-0.39, 0.29) is 0 Å². The molecule has 3 aromatic heterocycles. The quantitative estimate of drug-likeness (QED) is 0.761. The van der Waals surface area contributed by atoms with Crippen molar-refractivity contribution in [1.29, 1.82) is 0 Å². The van der Waals surface area contributed by atoms with Crippen LogP contribution < -0.4 is 5.32 Å².